The van der Waals surface area contributed by atoms with Gasteiger partial charge in [0.2, 0.25) is 0 Å². The molecule has 2 rings (SSSR count). The molecule has 4 heteroatoms. The summed E-state index contributed by atoms with van der Waals surface area (Å²) in [5.41, 5.74) is 7.41. The zero-order valence-corrected chi connectivity index (χ0v) is 11.2. The van der Waals surface area contributed by atoms with Crippen molar-refractivity contribution in [2.75, 3.05) is 43.4 Å². The summed E-state index contributed by atoms with van der Waals surface area (Å²) >= 11 is 0. The topological polar surface area (TPSA) is 32.5 Å². The molecular weight excluding hydrogens is 229 g/mol. The van der Waals surface area contributed by atoms with Crippen LogP contribution in [0.4, 0.5) is 15.8 Å². The van der Waals surface area contributed by atoms with Crippen molar-refractivity contribution in [3.8, 4) is 0 Å². The molecule has 2 N–H and O–H groups in total. The normalized spacial score (nSPS) is 17.4. The summed E-state index contributed by atoms with van der Waals surface area (Å²) in [5.74, 6) is 0.472. The van der Waals surface area contributed by atoms with Gasteiger partial charge in [0.05, 0.1) is 11.4 Å². The summed E-state index contributed by atoms with van der Waals surface area (Å²) in [6, 6.07) is 4.59. The van der Waals surface area contributed by atoms with E-state index in [2.05, 4.69) is 23.6 Å². The Kier molecular flexibility index (Phi) is 4.07. The molecule has 3 nitrogen and oxygen atoms in total. The Labute approximate surface area is 108 Å². The number of nitrogens with zero attached hydrogens (tertiary/aromatic N) is 2. The van der Waals surface area contributed by atoms with Crippen LogP contribution in [0.3, 0.4) is 0 Å². The van der Waals surface area contributed by atoms with Gasteiger partial charge in [-0.1, -0.05) is 13.8 Å². The van der Waals surface area contributed by atoms with Gasteiger partial charge < -0.3 is 10.6 Å². The molecule has 0 amide bonds. The molecule has 1 fully saturated rings. The first-order valence-electron chi connectivity index (χ1n) is 6.58. The lowest BCUT2D eigenvalue weighted by Crippen LogP contribution is -2.47. The van der Waals surface area contributed by atoms with E-state index in [-0.39, 0.29) is 5.82 Å². The Morgan fingerprint density at radius 3 is 2.50 bits per heavy atom. The molecule has 100 valence electrons. The zero-order valence-electron chi connectivity index (χ0n) is 11.2. The molecule has 18 heavy (non-hydrogen) atoms. The van der Waals surface area contributed by atoms with Gasteiger partial charge in [-0.3, -0.25) is 4.90 Å². The fourth-order valence-electron chi connectivity index (χ4n) is 2.48. The first-order valence-corrected chi connectivity index (χ1v) is 6.58. The zero-order chi connectivity index (χ0) is 13.1. The van der Waals surface area contributed by atoms with Crippen molar-refractivity contribution >= 4 is 11.4 Å². The van der Waals surface area contributed by atoms with Gasteiger partial charge in [0.15, 0.2) is 0 Å². The van der Waals surface area contributed by atoms with E-state index in [9.17, 15) is 4.39 Å². The third-order valence-electron chi connectivity index (χ3n) is 3.33. The number of hydrogen-bond acceptors (Lipinski definition) is 3. The first-order chi connectivity index (χ1) is 8.56. The molecule has 0 aliphatic carbocycles. The molecule has 1 aromatic carbocycles. The van der Waals surface area contributed by atoms with Crippen LogP contribution in [0, 0.1) is 11.7 Å². The quantitative estimate of drug-likeness (QED) is 0.836. The standard InChI is InChI=1S/C14H22FN3/c1-11(2)10-17-5-7-18(8-6-17)14-9-12(15)3-4-13(14)16/h3-4,9,11H,5-8,10,16H2,1-2H3. The summed E-state index contributed by atoms with van der Waals surface area (Å²) in [4.78, 5) is 4.63. The van der Waals surface area contributed by atoms with Crippen molar-refractivity contribution in [1.29, 1.82) is 0 Å². The lowest BCUT2D eigenvalue weighted by Gasteiger charge is -2.37. The number of nitrogen functional groups attached to an aromatic ring is 1. The van der Waals surface area contributed by atoms with Crippen LogP contribution >= 0.6 is 0 Å². The molecule has 1 aliphatic heterocycles. The molecule has 0 bridgehead atoms. The van der Waals surface area contributed by atoms with Crippen molar-refractivity contribution in [1.82, 2.24) is 4.90 Å². The predicted octanol–water partition coefficient (Wildman–Crippen LogP) is 2.19. The van der Waals surface area contributed by atoms with E-state index in [0.717, 1.165) is 38.4 Å². The summed E-state index contributed by atoms with van der Waals surface area (Å²) < 4.78 is 13.3. The second-order valence-electron chi connectivity index (χ2n) is 5.38. The van der Waals surface area contributed by atoms with E-state index in [0.29, 0.717) is 11.6 Å². The molecule has 0 radical (unpaired) electrons. The number of benzene rings is 1. The van der Waals surface area contributed by atoms with Crippen LogP contribution in [-0.2, 0) is 0 Å². The van der Waals surface area contributed by atoms with Gasteiger partial charge in [-0.25, -0.2) is 4.39 Å². The van der Waals surface area contributed by atoms with Crippen LogP contribution in [0.15, 0.2) is 18.2 Å². The number of anilines is 2. The molecule has 0 spiro atoms. The molecule has 1 aliphatic rings. The maximum Gasteiger partial charge on any atom is 0.125 e. The Bertz CT molecular complexity index is 398. The third kappa shape index (κ3) is 3.13. The Hall–Kier alpha value is -1.29. The van der Waals surface area contributed by atoms with E-state index < -0.39 is 0 Å². The smallest absolute Gasteiger partial charge is 0.125 e. The van der Waals surface area contributed by atoms with Crippen molar-refractivity contribution in [3.05, 3.63) is 24.0 Å². The fourth-order valence-corrected chi connectivity index (χ4v) is 2.48. The largest absolute Gasteiger partial charge is 0.397 e. The summed E-state index contributed by atoms with van der Waals surface area (Å²) in [6.45, 7) is 9.48. The lowest BCUT2D eigenvalue weighted by molar-refractivity contribution is 0.231. The molecule has 1 heterocycles. The van der Waals surface area contributed by atoms with E-state index in [1.165, 1.54) is 12.1 Å². The summed E-state index contributed by atoms with van der Waals surface area (Å²) in [6.07, 6.45) is 0. The molecule has 0 unspecified atom stereocenters. The molecule has 0 saturated carbocycles. The molecular formula is C14H22FN3. The van der Waals surface area contributed by atoms with Gasteiger partial charge in [-0.2, -0.15) is 0 Å². The average Bonchev–Trinajstić information content (AvgIpc) is 2.33. The van der Waals surface area contributed by atoms with E-state index in [1.807, 2.05) is 0 Å². The highest BCUT2D eigenvalue weighted by Crippen LogP contribution is 2.25. The van der Waals surface area contributed by atoms with Crippen LogP contribution in [0.5, 0.6) is 0 Å². The highest BCUT2D eigenvalue weighted by molar-refractivity contribution is 5.67. The van der Waals surface area contributed by atoms with E-state index in [1.54, 1.807) is 6.07 Å². The maximum atomic E-state index is 13.3. The number of nitrogens with two attached hydrogens (primary N) is 1. The van der Waals surface area contributed by atoms with Crippen LogP contribution in [0.1, 0.15) is 13.8 Å². The molecule has 0 atom stereocenters. The third-order valence-corrected chi connectivity index (χ3v) is 3.33. The van der Waals surface area contributed by atoms with Gasteiger partial charge in [0, 0.05) is 32.7 Å². The van der Waals surface area contributed by atoms with Gasteiger partial charge >= 0.3 is 0 Å². The molecule has 1 saturated heterocycles. The van der Waals surface area contributed by atoms with Gasteiger partial charge in [-0.05, 0) is 24.1 Å². The van der Waals surface area contributed by atoms with Gasteiger partial charge in [0.25, 0.3) is 0 Å². The lowest BCUT2D eigenvalue weighted by atomic mass is 10.1. The van der Waals surface area contributed by atoms with Crippen molar-refractivity contribution in [2.24, 2.45) is 5.92 Å². The van der Waals surface area contributed by atoms with Crippen molar-refractivity contribution in [3.63, 3.8) is 0 Å². The maximum absolute atomic E-state index is 13.3. The number of rotatable bonds is 3. The van der Waals surface area contributed by atoms with Crippen molar-refractivity contribution in [2.45, 2.75) is 13.8 Å². The Morgan fingerprint density at radius 2 is 1.89 bits per heavy atom. The van der Waals surface area contributed by atoms with E-state index in [4.69, 9.17) is 5.73 Å². The summed E-state index contributed by atoms with van der Waals surface area (Å²) in [5, 5.41) is 0. The average molecular weight is 251 g/mol. The van der Waals surface area contributed by atoms with Crippen LogP contribution in [0.25, 0.3) is 0 Å². The fraction of sp³-hybridized carbons (Fsp3) is 0.571. The number of piperazine rings is 1. The van der Waals surface area contributed by atoms with Gasteiger partial charge in [-0.15, -0.1) is 0 Å². The minimum atomic E-state index is -0.219. The predicted molar refractivity (Wildman–Crippen MR) is 74.3 cm³/mol. The summed E-state index contributed by atoms with van der Waals surface area (Å²) in [7, 11) is 0. The van der Waals surface area contributed by atoms with Crippen molar-refractivity contribution < 1.29 is 4.39 Å². The monoisotopic (exact) mass is 251 g/mol. The minimum absolute atomic E-state index is 0.219. The minimum Gasteiger partial charge on any atom is -0.397 e. The second-order valence-corrected chi connectivity index (χ2v) is 5.38. The second kappa shape index (κ2) is 5.57. The Morgan fingerprint density at radius 1 is 1.22 bits per heavy atom. The molecule has 1 aromatic rings. The SMILES string of the molecule is CC(C)CN1CCN(c2cc(F)ccc2N)CC1. The Balaban J connectivity index is 1.99. The first kappa shape index (κ1) is 13.1. The molecule has 0 aromatic heterocycles. The van der Waals surface area contributed by atoms with E-state index >= 15 is 0 Å². The van der Waals surface area contributed by atoms with Gasteiger partial charge in [0.1, 0.15) is 5.82 Å². The van der Waals surface area contributed by atoms with Crippen LogP contribution in [-0.4, -0.2) is 37.6 Å². The highest BCUT2D eigenvalue weighted by Gasteiger charge is 2.19. The number of halogens is 1. The number of hydrogen-bond donors (Lipinski definition) is 1. The van der Waals surface area contributed by atoms with Crippen LogP contribution in [0.2, 0.25) is 0 Å². The van der Waals surface area contributed by atoms with Crippen LogP contribution < -0.4 is 10.6 Å². The highest BCUT2D eigenvalue weighted by atomic mass is 19.1.